The lowest BCUT2D eigenvalue weighted by atomic mass is 10.2. The van der Waals surface area contributed by atoms with Crippen molar-refractivity contribution in [3.05, 3.63) is 52.8 Å². The number of aromatic nitrogens is 1. The minimum Gasteiger partial charge on any atom is -0.351 e. The van der Waals surface area contributed by atoms with Crippen LogP contribution in [0.4, 0.5) is 0 Å². The molecule has 0 aliphatic carbocycles. The fourth-order valence-corrected chi connectivity index (χ4v) is 3.43. The first-order valence-electron chi connectivity index (χ1n) is 6.68. The summed E-state index contributed by atoms with van der Waals surface area (Å²) in [7, 11) is -1.75. The fraction of sp³-hybridized carbons (Fsp3) is 0.312. The second-order valence-electron chi connectivity index (χ2n) is 5.34. The molecule has 1 aromatic heterocycles. The van der Waals surface area contributed by atoms with Crippen LogP contribution in [0.25, 0.3) is 0 Å². The highest BCUT2D eigenvalue weighted by atomic mass is 32.2. The predicted molar refractivity (Wildman–Crippen MR) is 82.4 cm³/mol. The summed E-state index contributed by atoms with van der Waals surface area (Å²) in [4.78, 5) is 12.5. The van der Waals surface area contributed by atoms with Crippen LogP contribution in [0.5, 0.6) is 0 Å². The number of Topliss-reactive ketones (excluding diaryl/α,β-unsaturated/α-hetero) is 1. The summed E-state index contributed by atoms with van der Waals surface area (Å²) in [6.45, 7) is 5.59. The third-order valence-corrected chi connectivity index (χ3v) is 5.41. The molecule has 2 aromatic rings. The average molecular weight is 305 g/mol. The van der Waals surface area contributed by atoms with E-state index in [1.165, 1.54) is 0 Å². The van der Waals surface area contributed by atoms with Gasteiger partial charge in [0, 0.05) is 24.0 Å². The summed E-state index contributed by atoms with van der Waals surface area (Å²) in [6, 6.07) is 8.29. The Hall–Kier alpha value is -1.88. The molecular weight excluding hydrogens is 286 g/mol. The number of carbonyl (C=O) groups excluding carboxylic acids is 1. The summed E-state index contributed by atoms with van der Waals surface area (Å²) < 4.78 is 26.5. The number of ketones is 1. The molecule has 0 N–H and O–H groups in total. The van der Waals surface area contributed by atoms with E-state index >= 15 is 0 Å². The molecule has 2 rings (SSSR count). The molecular formula is C16H19NO3S. The van der Waals surface area contributed by atoms with E-state index in [0.717, 1.165) is 17.0 Å². The summed E-state index contributed by atoms with van der Waals surface area (Å²) in [5.41, 5.74) is 3.18. The Morgan fingerprint density at radius 2 is 1.67 bits per heavy atom. The summed E-state index contributed by atoms with van der Waals surface area (Å²) >= 11 is 0. The van der Waals surface area contributed by atoms with E-state index in [2.05, 4.69) is 0 Å². The van der Waals surface area contributed by atoms with Crippen molar-refractivity contribution in [3.8, 4) is 0 Å². The van der Waals surface area contributed by atoms with Crippen molar-refractivity contribution in [1.82, 2.24) is 4.57 Å². The number of hydrogen-bond acceptors (Lipinski definition) is 3. The second-order valence-corrected chi connectivity index (χ2v) is 7.33. The van der Waals surface area contributed by atoms with Crippen LogP contribution in [-0.4, -0.2) is 24.5 Å². The first-order chi connectivity index (χ1) is 9.72. The number of hydrogen-bond donors (Lipinski definition) is 0. The maximum atomic E-state index is 12.3. The molecule has 0 bridgehead atoms. The quantitative estimate of drug-likeness (QED) is 0.816. The molecule has 1 aromatic carbocycles. The van der Waals surface area contributed by atoms with Crippen LogP contribution < -0.4 is 0 Å². The van der Waals surface area contributed by atoms with Crippen LogP contribution in [0.15, 0.2) is 35.2 Å². The van der Waals surface area contributed by atoms with E-state index in [9.17, 15) is 13.2 Å². The molecule has 0 saturated heterocycles. The van der Waals surface area contributed by atoms with Crippen molar-refractivity contribution in [3.63, 3.8) is 0 Å². The smallest absolute Gasteiger partial charge is 0.185 e. The van der Waals surface area contributed by atoms with Crippen LogP contribution in [0.2, 0.25) is 0 Å². The van der Waals surface area contributed by atoms with Gasteiger partial charge in [0.2, 0.25) is 0 Å². The van der Waals surface area contributed by atoms with Gasteiger partial charge in [0.15, 0.2) is 15.6 Å². The number of benzene rings is 1. The molecule has 0 unspecified atom stereocenters. The van der Waals surface area contributed by atoms with Gasteiger partial charge in [-0.2, -0.15) is 0 Å². The number of carbonyl (C=O) groups is 1. The SMILES string of the molecule is Cc1ccc(S(=O)(=O)CC(=O)c2cc(C)n(C)c2C)cc1. The number of rotatable bonds is 4. The van der Waals surface area contributed by atoms with E-state index in [1.54, 1.807) is 30.3 Å². The third kappa shape index (κ3) is 3.08. The van der Waals surface area contributed by atoms with Gasteiger partial charge in [-0.15, -0.1) is 0 Å². The molecule has 4 nitrogen and oxygen atoms in total. The largest absolute Gasteiger partial charge is 0.351 e. The van der Waals surface area contributed by atoms with Gasteiger partial charge in [0.1, 0.15) is 5.75 Å². The molecule has 21 heavy (non-hydrogen) atoms. The lowest BCUT2D eigenvalue weighted by Gasteiger charge is -2.05. The highest BCUT2D eigenvalue weighted by molar-refractivity contribution is 7.92. The molecule has 0 fully saturated rings. The van der Waals surface area contributed by atoms with E-state index in [4.69, 9.17) is 0 Å². The Kier molecular flexibility index (Phi) is 4.05. The van der Waals surface area contributed by atoms with Crippen molar-refractivity contribution in [2.75, 3.05) is 5.75 Å². The maximum absolute atomic E-state index is 12.3. The van der Waals surface area contributed by atoms with E-state index in [-0.39, 0.29) is 10.7 Å². The van der Waals surface area contributed by atoms with Crippen molar-refractivity contribution in [2.24, 2.45) is 7.05 Å². The lowest BCUT2D eigenvalue weighted by Crippen LogP contribution is -2.17. The topological polar surface area (TPSA) is 56.1 Å². The van der Waals surface area contributed by atoms with Gasteiger partial charge in [-0.25, -0.2) is 8.42 Å². The van der Waals surface area contributed by atoms with Gasteiger partial charge >= 0.3 is 0 Å². The van der Waals surface area contributed by atoms with E-state index in [1.807, 2.05) is 32.4 Å². The Bertz CT molecular complexity index is 784. The van der Waals surface area contributed by atoms with Gasteiger partial charge < -0.3 is 4.57 Å². The minimum atomic E-state index is -3.60. The molecule has 0 aliphatic heterocycles. The summed E-state index contributed by atoms with van der Waals surface area (Å²) in [5, 5.41) is 0. The van der Waals surface area contributed by atoms with Gasteiger partial charge in [-0.05, 0) is 39.0 Å². The molecule has 0 atom stereocenters. The number of nitrogens with zero attached hydrogens (tertiary/aromatic N) is 1. The second kappa shape index (κ2) is 5.48. The van der Waals surface area contributed by atoms with Gasteiger partial charge in [0.25, 0.3) is 0 Å². The van der Waals surface area contributed by atoms with E-state index in [0.29, 0.717) is 5.56 Å². The summed E-state index contributed by atoms with van der Waals surface area (Å²) in [6.07, 6.45) is 0. The van der Waals surface area contributed by atoms with Crippen LogP contribution in [0.3, 0.4) is 0 Å². The minimum absolute atomic E-state index is 0.187. The van der Waals surface area contributed by atoms with Crippen molar-refractivity contribution < 1.29 is 13.2 Å². The zero-order valence-corrected chi connectivity index (χ0v) is 13.5. The average Bonchev–Trinajstić information content (AvgIpc) is 2.66. The molecule has 5 heteroatoms. The normalized spacial score (nSPS) is 11.6. The Labute approximate surface area is 125 Å². The fourth-order valence-electron chi connectivity index (χ4n) is 2.22. The zero-order chi connectivity index (χ0) is 15.8. The highest BCUT2D eigenvalue weighted by Gasteiger charge is 2.23. The Morgan fingerprint density at radius 1 is 1.10 bits per heavy atom. The molecule has 0 amide bonds. The molecule has 0 aliphatic rings. The first kappa shape index (κ1) is 15.5. The van der Waals surface area contributed by atoms with E-state index < -0.39 is 15.6 Å². The predicted octanol–water partition coefficient (Wildman–Crippen LogP) is 2.61. The maximum Gasteiger partial charge on any atom is 0.185 e. The summed E-state index contributed by atoms with van der Waals surface area (Å²) in [5.74, 6) is -0.864. The van der Waals surface area contributed by atoms with Gasteiger partial charge in [0.05, 0.1) is 4.90 Å². The van der Waals surface area contributed by atoms with Crippen LogP contribution in [-0.2, 0) is 16.9 Å². The van der Waals surface area contributed by atoms with Crippen molar-refractivity contribution >= 4 is 15.6 Å². The van der Waals surface area contributed by atoms with Crippen molar-refractivity contribution in [2.45, 2.75) is 25.7 Å². The van der Waals surface area contributed by atoms with Gasteiger partial charge in [-0.3, -0.25) is 4.79 Å². The van der Waals surface area contributed by atoms with Crippen LogP contribution in [0, 0.1) is 20.8 Å². The van der Waals surface area contributed by atoms with Crippen LogP contribution >= 0.6 is 0 Å². The number of sulfone groups is 1. The Balaban J connectivity index is 2.30. The van der Waals surface area contributed by atoms with Gasteiger partial charge in [-0.1, -0.05) is 17.7 Å². The molecule has 0 spiro atoms. The van der Waals surface area contributed by atoms with Crippen LogP contribution in [0.1, 0.15) is 27.3 Å². The first-order valence-corrected chi connectivity index (χ1v) is 8.33. The van der Waals surface area contributed by atoms with Crippen molar-refractivity contribution in [1.29, 1.82) is 0 Å². The lowest BCUT2D eigenvalue weighted by molar-refractivity contribution is 0.102. The molecule has 112 valence electrons. The number of aryl methyl sites for hydroxylation is 2. The Morgan fingerprint density at radius 3 is 2.14 bits per heavy atom. The zero-order valence-electron chi connectivity index (χ0n) is 12.7. The highest BCUT2D eigenvalue weighted by Crippen LogP contribution is 2.18. The molecule has 1 heterocycles. The monoisotopic (exact) mass is 305 g/mol. The molecule has 0 saturated carbocycles. The standard InChI is InChI=1S/C16H19NO3S/c1-11-5-7-14(8-6-11)21(19,20)10-16(18)15-9-12(2)17(4)13(15)3/h5-9H,10H2,1-4H3. The molecule has 0 radical (unpaired) electrons. The third-order valence-electron chi connectivity index (χ3n) is 3.78.